The van der Waals surface area contributed by atoms with Gasteiger partial charge in [0.05, 0.1) is 58.4 Å². The number of nitrogens with one attached hydrogen (secondary N) is 3. The standard InChI is InChI=1S/C44H62N6O13/c1-31-39(40(55)49(3)43(59)48(31)2)33-10-8-32(9-11-33)30-34(41(56)57)47-42(58)44(16-4-5-17-44)18-6-7-19-45-36(52)15-22-60-24-26-62-28-29-63-27-25-61-23-20-46-35(51)14-21-50-37(53)12-13-38(50)54/h8-13,34H,4-7,14-30H2,1-3H3,(H,45,52)(H,46,51)(H,47,58)(H,56,57). The van der Waals surface area contributed by atoms with E-state index in [9.17, 15) is 43.5 Å². The van der Waals surface area contributed by atoms with Gasteiger partial charge in [-0.1, -0.05) is 43.5 Å². The molecule has 1 unspecified atom stereocenters. The first-order chi connectivity index (χ1) is 30.2. The van der Waals surface area contributed by atoms with E-state index in [0.29, 0.717) is 114 Å². The van der Waals surface area contributed by atoms with Crippen molar-refractivity contribution in [1.29, 1.82) is 0 Å². The van der Waals surface area contributed by atoms with Crippen molar-refractivity contribution < 1.29 is 52.8 Å². The van der Waals surface area contributed by atoms with E-state index >= 15 is 0 Å². The summed E-state index contributed by atoms with van der Waals surface area (Å²) in [4.78, 5) is 99.3. The Morgan fingerprint density at radius 1 is 0.730 bits per heavy atom. The third-order valence-corrected chi connectivity index (χ3v) is 11.3. The summed E-state index contributed by atoms with van der Waals surface area (Å²) < 4.78 is 24.3. The number of hydrogen-bond acceptors (Lipinski definition) is 12. The summed E-state index contributed by atoms with van der Waals surface area (Å²) in [6, 6.07) is 5.76. The van der Waals surface area contributed by atoms with E-state index in [-0.39, 0.29) is 50.1 Å². The Morgan fingerprint density at radius 2 is 1.29 bits per heavy atom. The number of carboxylic acid groups (broad SMARTS) is 1. The van der Waals surface area contributed by atoms with Gasteiger partial charge in [0, 0.05) is 76.3 Å². The summed E-state index contributed by atoms with van der Waals surface area (Å²) in [5.74, 6) is -2.67. The Morgan fingerprint density at radius 3 is 1.89 bits per heavy atom. The molecule has 0 saturated heterocycles. The van der Waals surface area contributed by atoms with Crippen LogP contribution in [0.5, 0.6) is 0 Å². The summed E-state index contributed by atoms with van der Waals surface area (Å²) in [7, 11) is 3.02. The van der Waals surface area contributed by atoms with Gasteiger partial charge in [-0.3, -0.25) is 38.2 Å². The largest absolute Gasteiger partial charge is 0.480 e. The number of unbranched alkanes of at least 4 members (excludes halogenated alkanes) is 1. The van der Waals surface area contributed by atoms with Gasteiger partial charge in [0.15, 0.2) is 0 Å². The topological polar surface area (TPSA) is 243 Å². The molecule has 4 rings (SSSR count). The Bertz CT molecular complexity index is 2020. The second-order valence-electron chi connectivity index (χ2n) is 15.7. The third kappa shape index (κ3) is 15.4. The third-order valence-electron chi connectivity index (χ3n) is 11.3. The highest BCUT2D eigenvalue weighted by Gasteiger charge is 2.41. The normalized spacial score (nSPS) is 14.9. The fraction of sp³-hybridized carbons (Fsp3) is 0.591. The van der Waals surface area contributed by atoms with Crippen LogP contribution in [0.3, 0.4) is 0 Å². The lowest BCUT2D eigenvalue weighted by Gasteiger charge is -2.29. The molecule has 1 saturated carbocycles. The second-order valence-corrected chi connectivity index (χ2v) is 15.7. The van der Waals surface area contributed by atoms with Crippen LogP contribution in [0.1, 0.15) is 69.0 Å². The van der Waals surface area contributed by atoms with Crippen molar-refractivity contribution in [3.63, 3.8) is 0 Å². The van der Waals surface area contributed by atoms with Gasteiger partial charge in [0.2, 0.25) is 17.7 Å². The highest BCUT2D eigenvalue weighted by Crippen LogP contribution is 2.42. The molecule has 1 aliphatic heterocycles. The van der Waals surface area contributed by atoms with Crippen LogP contribution in [0.2, 0.25) is 0 Å². The molecule has 0 spiro atoms. The zero-order valence-electron chi connectivity index (χ0n) is 36.6. The maximum Gasteiger partial charge on any atom is 0.330 e. The van der Waals surface area contributed by atoms with E-state index in [4.69, 9.17) is 18.9 Å². The number of hydrogen-bond donors (Lipinski definition) is 4. The highest BCUT2D eigenvalue weighted by atomic mass is 16.6. The van der Waals surface area contributed by atoms with E-state index < -0.39 is 40.5 Å². The van der Waals surface area contributed by atoms with Crippen LogP contribution in [0.4, 0.5) is 0 Å². The Labute approximate surface area is 366 Å². The van der Waals surface area contributed by atoms with E-state index in [0.717, 1.165) is 22.3 Å². The van der Waals surface area contributed by atoms with Gasteiger partial charge >= 0.3 is 11.7 Å². The van der Waals surface area contributed by atoms with Gasteiger partial charge in [0.25, 0.3) is 17.4 Å². The lowest BCUT2D eigenvalue weighted by Crippen LogP contribution is -2.48. The van der Waals surface area contributed by atoms with Crippen LogP contribution < -0.4 is 27.2 Å². The molecular weight excluding hydrogens is 821 g/mol. The molecule has 1 aromatic heterocycles. The molecule has 1 atom stereocenters. The van der Waals surface area contributed by atoms with Crippen molar-refractivity contribution in [2.45, 2.75) is 77.2 Å². The minimum atomic E-state index is -1.14. The molecule has 2 heterocycles. The minimum absolute atomic E-state index is 0.0233. The molecule has 5 amide bonds. The van der Waals surface area contributed by atoms with Crippen molar-refractivity contribution in [3.05, 3.63) is 68.5 Å². The fourth-order valence-corrected chi connectivity index (χ4v) is 7.52. The van der Waals surface area contributed by atoms with Gasteiger partial charge in [0.1, 0.15) is 6.04 Å². The number of aromatic nitrogens is 2. The van der Waals surface area contributed by atoms with E-state index in [1.54, 1.807) is 38.2 Å². The van der Waals surface area contributed by atoms with Crippen LogP contribution in [0.15, 0.2) is 46.0 Å². The highest BCUT2D eigenvalue weighted by molar-refractivity contribution is 6.13. The lowest BCUT2D eigenvalue weighted by molar-refractivity contribution is -0.144. The first-order valence-corrected chi connectivity index (χ1v) is 21.5. The molecule has 346 valence electrons. The molecule has 1 aliphatic carbocycles. The summed E-state index contributed by atoms with van der Waals surface area (Å²) >= 11 is 0. The molecule has 19 nitrogen and oxygen atoms in total. The van der Waals surface area contributed by atoms with E-state index in [1.807, 2.05) is 0 Å². The number of nitrogens with zero attached hydrogens (tertiary/aromatic N) is 3. The second kappa shape index (κ2) is 25.6. The van der Waals surface area contributed by atoms with Crippen molar-refractivity contribution in [2.24, 2.45) is 19.5 Å². The monoisotopic (exact) mass is 882 g/mol. The van der Waals surface area contributed by atoms with Gasteiger partial charge in [-0.15, -0.1) is 0 Å². The van der Waals surface area contributed by atoms with Crippen molar-refractivity contribution in [3.8, 4) is 11.1 Å². The number of carboxylic acids is 1. The van der Waals surface area contributed by atoms with Gasteiger partial charge in [-0.25, -0.2) is 9.59 Å². The summed E-state index contributed by atoms with van der Waals surface area (Å²) in [6.45, 7) is 5.09. The minimum Gasteiger partial charge on any atom is -0.480 e. The first kappa shape index (κ1) is 50.1. The molecule has 0 bridgehead atoms. The number of benzene rings is 1. The molecule has 63 heavy (non-hydrogen) atoms. The SMILES string of the molecule is Cc1c(-c2ccc(CC(NC(=O)C3(CCCCNC(=O)CCOCCOCCOCCOCCNC(=O)CCN4C(=O)C=CC4=O)CCCC3)C(=O)O)cc2)c(=O)n(C)c(=O)n1C. The number of rotatable bonds is 29. The average Bonchev–Trinajstić information content (AvgIpc) is 3.88. The molecule has 1 aromatic carbocycles. The van der Waals surface area contributed by atoms with Crippen LogP contribution in [0, 0.1) is 12.3 Å². The van der Waals surface area contributed by atoms with Crippen LogP contribution in [0.25, 0.3) is 11.1 Å². The summed E-state index contributed by atoms with van der Waals surface area (Å²) in [5.41, 5.74) is 0.678. The number of ether oxygens (including phenoxy) is 4. The quantitative estimate of drug-likeness (QED) is 0.0657. The van der Waals surface area contributed by atoms with Gasteiger partial charge in [-0.05, 0) is 43.7 Å². The average molecular weight is 883 g/mol. The maximum atomic E-state index is 13.7. The molecule has 2 aromatic rings. The van der Waals surface area contributed by atoms with E-state index in [1.165, 1.54) is 23.8 Å². The predicted molar refractivity (Wildman–Crippen MR) is 230 cm³/mol. The van der Waals surface area contributed by atoms with Crippen molar-refractivity contribution in [1.82, 2.24) is 30.0 Å². The van der Waals surface area contributed by atoms with Crippen LogP contribution in [-0.2, 0) is 68.2 Å². The molecule has 2 aliphatic rings. The Balaban J connectivity index is 1.01. The molecule has 19 heteroatoms. The maximum absolute atomic E-state index is 13.7. The number of amides is 5. The van der Waals surface area contributed by atoms with E-state index in [2.05, 4.69) is 16.0 Å². The number of aliphatic carboxylic acids is 1. The predicted octanol–water partition coefficient (Wildman–Crippen LogP) is 0.906. The lowest BCUT2D eigenvalue weighted by atomic mass is 9.79. The number of carbonyl (C=O) groups is 6. The van der Waals surface area contributed by atoms with Gasteiger partial charge < -0.3 is 44.6 Å². The first-order valence-electron chi connectivity index (χ1n) is 21.5. The zero-order valence-corrected chi connectivity index (χ0v) is 36.6. The van der Waals surface area contributed by atoms with Crippen molar-refractivity contribution in [2.75, 3.05) is 72.5 Å². The van der Waals surface area contributed by atoms with Gasteiger partial charge in [-0.2, -0.15) is 0 Å². The smallest absolute Gasteiger partial charge is 0.330 e. The molecule has 4 N–H and O–H groups in total. The zero-order chi connectivity index (χ0) is 45.8. The van der Waals surface area contributed by atoms with Crippen molar-refractivity contribution >= 4 is 35.5 Å². The summed E-state index contributed by atoms with van der Waals surface area (Å²) in [5, 5.41) is 18.4. The molecular formula is C44H62N6O13. The Hall–Kier alpha value is -5.50. The van der Waals surface area contributed by atoms with Crippen LogP contribution in [-0.4, -0.2) is 133 Å². The van der Waals surface area contributed by atoms with Crippen LogP contribution >= 0.6 is 0 Å². The summed E-state index contributed by atoms with van der Waals surface area (Å²) in [6.07, 6.45) is 7.68. The fourth-order valence-electron chi connectivity index (χ4n) is 7.52. The molecule has 0 radical (unpaired) electrons. The Kier molecular flexibility index (Phi) is 20.4. The number of imide groups is 1. The number of carbonyl (C=O) groups excluding carboxylic acids is 5. The molecule has 1 fully saturated rings.